The molecule has 104 valence electrons. The van der Waals surface area contributed by atoms with Gasteiger partial charge in [0, 0.05) is 29.2 Å². The summed E-state index contributed by atoms with van der Waals surface area (Å²) in [4.78, 5) is 17.3. The third kappa shape index (κ3) is 3.68. The first kappa shape index (κ1) is 14.7. The van der Waals surface area contributed by atoms with Crippen molar-refractivity contribution >= 4 is 27.4 Å². The van der Waals surface area contributed by atoms with Gasteiger partial charge < -0.3 is 0 Å². The van der Waals surface area contributed by atoms with Crippen LogP contribution in [0.15, 0.2) is 57.3 Å². The molecule has 0 saturated heterocycles. The lowest BCUT2D eigenvalue weighted by Crippen LogP contribution is -1.96. The van der Waals surface area contributed by atoms with Crippen molar-refractivity contribution in [3.05, 3.63) is 48.3 Å². The molecule has 0 radical (unpaired) electrons. The van der Waals surface area contributed by atoms with Gasteiger partial charge in [0.15, 0.2) is 15.6 Å². The highest BCUT2D eigenvalue weighted by molar-refractivity contribution is 7.99. The van der Waals surface area contributed by atoms with Crippen molar-refractivity contribution in [2.45, 2.75) is 21.6 Å². The van der Waals surface area contributed by atoms with Gasteiger partial charge in [0.25, 0.3) is 0 Å². The van der Waals surface area contributed by atoms with Crippen molar-refractivity contribution in [1.82, 2.24) is 4.98 Å². The Balaban J connectivity index is 2.16. The number of benzene rings is 1. The van der Waals surface area contributed by atoms with E-state index in [9.17, 15) is 13.2 Å². The van der Waals surface area contributed by atoms with Gasteiger partial charge >= 0.3 is 0 Å². The van der Waals surface area contributed by atoms with Gasteiger partial charge in [-0.25, -0.2) is 8.42 Å². The maximum absolute atomic E-state index is 11.4. The van der Waals surface area contributed by atoms with Gasteiger partial charge in [-0.15, -0.1) is 0 Å². The van der Waals surface area contributed by atoms with E-state index in [1.807, 2.05) is 6.07 Å². The average Bonchev–Trinajstić information content (AvgIpc) is 2.39. The molecule has 0 unspecified atom stereocenters. The lowest BCUT2D eigenvalue weighted by Gasteiger charge is -2.03. The molecule has 0 saturated carbocycles. The number of aromatic nitrogens is 1. The summed E-state index contributed by atoms with van der Waals surface area (Å²) in [7, 11) is -3.17. The minimum absolute atomic E-state index is 0.0703. The first-order valence-corrected chi connectivity index (χ1v) is 8.52. The van der Waals surface area contributed by atoms with E-state index in [0.29, 0.717) is 10.6 Å². The van der Waals surface area contributed by atoms with Crippen LogP contribution in [0.4, 0.5) is 0 Å². The van der Waals surface area contributed by atoms with Gasteiger partial charge in [-0.1, -0.05) is 11.8 Å². The molecule has 6 heteroatoms. The first-order valence-electron chi connectivity index (χ1n) is 5.81. The highest BCUT2D eigenvalue weighted by atomic mass is 32.2. The second-order valence-electron chi connectivity index (χ2n) is 4.28. The number of Topliss-reactive ketones (excluding diaryl/α,β-unsaturated/α-hetero) is 1. The Hall–Kier alpha value is -1.66. The molecule has 0 aliphatic heterocycles. The largest absolute Gasteiger partial charge is 0.293 e. The highest BCUT2D eigenvalue weighted by Crippen LogP contribution is 2.27. The number of nitrogens with zero attached hydrogens (tertiary/aromatic N) is 1. The quantitative estimate of drug-likeness (QED) is 0.813. The Morgan fingerprint density at radius 2 is 1.65 bits per heavy atom. The van der Waals surface area contributed by atoms with Crippen molar-refractivity contribution in [2.75, 3.05) is 6.26 Å². The van der Waals surface area contributed by atoms with Crippen LogP contribution >= 0.6 is 11.8 Å². The zero-order valence-electron chi connectivity index (χ0n) is 11.0. The van der Waals surface area contributed by atoms with Gasteiger partial charge in [0.1, 0.15) is 5.69 Å². The monoisotopic (exact) mass is 307 g/mol. The predicted molar refractivity (Wildman–Crippen MR) is 77.9 cm³/mol. The Bertz CT molecular complexity index is 720. The Labute approximate surface area is 122 Å². The Morgan fingerprint density at radius 1 is 1.05 bits per heavy atom. The summed E-state index contributed by atoms with van der Waals surface area (Å²) in [6.07, 6.45) is 2.81. The van der Waals surface area contributed by atoms with Crippen molar-refractivity contribution in [3.8, 4) is 0 Å². The van der Waals surface area contributed by atoms with Crippen molar-refractivity contribution in [3.63, 3.8) is 0 Å². The smallest absolute Gasteiger partial charge is 0.178 e. The van der Waals surface area contributed by atoms with E-state index < -0.39 is 9.84 Å². The fourth-order valence-electron chi connectivity index (χ4n) is 1.54. The lowest BCUT2D eigenvalue weighted by molar-refractivity contribution is 0.101. The number of rotatable bonds is 4. The summed E-state index contributed by atoms with van der Waals surface area (Å²) in [5.74, 6) is -0.0703. The topological polar surface area (TPSA) is 64.1 Å². The maximum Gasteiger partial charge on any atom is 0.178 e. The van der Waals surface area contributed by atoms with Gasteiger partial charge in [-0.3, -0.25) is 9.78 Å². The summed E-state index contributed by atoms with van der Waals surface area (Å²) < 4.78 is 22.7. The third-order valence-electron chi connectivity index (χ3n) is 2.58. The molecule has 2 aromatic rings. The molecule has 0 aliphatic carbocycles. The number of hydrogen-bond donors (Lipinski definition) is 0. The standard InChI is InChI=1S/C14H13NO3S2/c1-10(16)14-8-5-12(9-15-14)19-11-3-6-13(7-4-11)20(2,17)18/h3-9H,1-2H3. The van der Waals surface area contributed by atoms with Gasteiger partial charge in [-0.2, -0.15) is 0 Å². The van der Waals surface area contributed by atoms with Crippen LogP contribution in [-0.2, 0) is 9.84 Å². The fourth-order valence-corrected chi connectivity index (χ4v) is 2.96. The van der Waals surface area contributed by atoms with E-state index >= 15 is 0 Å². The van der Waals surface area contributed by atoms with E-state index in [0.717, 1.165) is 9.79 Å². The minimum atomic E-state index is -3.17. The van der Waals surface area contributed by atoms with Crippen LogP contribution in [0, 0.1) is 0 Å². The average molecular weight is 307 g/mol. The normalized spacial score (nSPS) is 11.3. The summed E-state index contributed by atoms with van der Waals surface area (Å²) in [6, 6.07) is 10.2. The predicted octanol–water partition coefficient (Wildman–Crippen LogP) is 2.84. The van der Waals surface area contributed by atoms with E-state index in [4.69, 9.17) is 0 Å². The van der Waals surface area contributed by atoms with Gasteiger partial charge in [-0.05, 0) is 36.4 Å². The van der Waals surface area contributed by atoms with E-state index in [1.54, 1.807) is 36.5 Å². The van der Waals surface area contributed by atoms with Crippen LogP contribution in [0.2, 0.25) is 0 Å². The summed E-state index contributed by atoms with van der Waals surface area (Å²) in [5.41, 5.74) is 0.432. The Morgan fingerprint density at radius 3 is 2.10 bits per heavy atom. The molecule has 20 heavy (non-hydrogen) atoms. The molecule has 4 nitrogen and oxygen atoms in total. The summed E-state index contributed by atoms with van der Waals surface area (Å²) in [5, 5.41) is 0. The molecule has 0 amide bonds. The fraction of sp³-hybridized carbons (Fsp3) is 0.143. The third-order valence-corrected chi connectivity index (χ3v) is 4.70. The maximum atomic E-state index is 11.4. The summed E-state index contributed by atoms with van der Waals surface area (Å²) in [6.45, 7) is 1.47. The van der Waals surface area contributed by atoms with Crippen LogP contribution in [-0.4, -0.2) is 25.4 Å². The van der Waals surface area contributed by atoms with Crippen LogP contribution < -0.4 is 0 Å². The molecule has 0 spiro atoms. The van der Waals surface area contributed by atoms with Crippen LogP contribution in [0.1, 0.15) is 17.4 Å². The number of ketones is 1. The van der Waals surface area contributed by atoms with Crippen LogP contribution in [0.25, 0.3) is 0 Å². The van der Waals surface area contributed by atoms with E-state index in [2.05, 4.69) is 4.98 Å². The molecular formula is C14H13NO3S2. The molecule has 1 heterocycles. The van der Waals surface area contributed by atoms with Gasteiger partial charge in [0.05, 0.1) is 4.90 Å². The molecule has 0 N–H and O–H groups in total. The number of pyridine rings is 1. The zero-order valence-corrected chi connectivity index (χ0v) is 12.7. The molecule has 1 aromatic heterocycles. The number of sulfone groups is 1. The molecule has 0 bridgehead atoms. The van der Waals surface area contributed by atoms with Gasteiger partial charge in [0.2, 0.25) is 0 Å². The number of carbonyl (C=O) groups excluding carboxylic acids is 1. The minimum Gasteiger partial charge on any atom is -0.293 e. The molecule has 0 fully saturated rings. The Kier molecular flexibility index (Phi) is 4.25. The second kappa shape index (κ2) is 5.76. The molecule has 0 aliphatic rings. The van der Waals surface area contributed by atoms with E-state index in [-0.39, 0.29) is 5.78 Å². The van der Waals surface area contributed by atoms with Crippen LogP contribution in [0.5, 0.6) is 0 Å². The number of hydrogen-bond acceptors (Lipinski definition) is 5. The first-order chi connectivity index (χ1) is 9.36. The SMILES string of the molecule is CC(=O)c1ccc(Sc2ccc(S(C)(=O)=O)cc2)cn1. The van der Waals surface area contributed by atoms with Crippen molar-refractivity contribution < 1.29 is 13.2 Å². The molecule has 2 rings (SSSR count). The zero-order chi connectivity index (χ0) is 14.8. The van der Waals surface area contributed by atoms with Crippen molar-refractivity contribution in [1.29, 1.82) is 0 Å². The number of carbonyl (C=O) groups is 1. The molecule has 1 aromatic carbocycles. The lowest BCUT2D eigenvalue weighted by atomic mass is 10.3. The molecular weight excluding hydrogens is 294 g/mol. The molecule has 0 atom stereocenters. The highest BCUT2D eigenvalue weighted by Gasteiger charge is 2.07. The van der Waals surface area contributed by atoms with Crippen LogP contribution in [0.3, 0.4) is 0 Å². The summed E-state index contributed by atoms with van der Waals surface area (Å²) >= 11 is 1.46. The van der Waals surface area contributed by atoms with Crippen molar-refractivity contribution in [2.24, 2.45) is 0 Å². The van der Waals surface area contributed by atoms with E-state index in [1.165, 1.54) is 24.9 Å². The second-order valence-corrected chi connectivity index (χ2v) is 7.44.